The third kappa shape index (κ3) is 6.90. The van der Waals surface area contributed by atoms with Gasteiger partial charge in [0.15, 0.2) is 0 Å². The number of nitrogens with one attached hydrogen (secondary N) is 1. The summed E-state index contributed by atoms with van der Waals surface area (Å²) in [7, 11) is 0. The van der Waals surface area contributed by atoms with Crippen molar-refractivity contribution in [3.63, 3.8) is 0 Å². The number of nitrogens with zero attached hydrogens (tertiary/aromatic N) is 1. The minimum absolute atomic E-state index is 0.0732. The average Bonchev–Trinajstić information content (AvgIpc) is 3.29. The van der Waals surface area contributed by atoms with Crippen molar-refractivity contribution in [2.45, 2.75) is 63.4 Å². The Morgan fingerprint density at radius 1 is 1.03 bits per heavy atom. The van der Waals surface area contributed by atoms with E-state index in [1.807, 2.05) is 55.5 Å². The van der Waals surface area contributed by atoms with Crippen LogP contribution >= 0.6 is 35.0 Å². The van der Waals surface area contributed by atoms with E-state index in [4.69, 9.17) is 23.2 Å². The normalized spacial score (nSPS) is 14.8. The molecule has 0 bridgehead atoms. The zero-order valence-corrected chi connectivity index (χ0v) is 20.7. The van der Waals surface area contributed by atoms with Crippen molar-refractivity contribution in [2.75, 3.05) is 5.75 Å². The average molecular weight is 494 g/mol. The second-order valence-electron chi connectivity index (χ2n) is 8.11. The van der Waals surface area contributed by atoms with E-state index in [0.717, 1.165) is 36.8 Å². The van der Waals surface area contributed by atoms with Gasteiger partial charge in [-0.05, 0) is 42.5 Å². The van der Waals surface area contributed by atoms with Gasteiger partial charge in [0.25, 0.3) is 0 Å². The third-order valence-electron chi connectivity index (χ3n) is 5.83. The molecule has 1 saturated carbocycles. The highest BCUT2D eigenvalue weighted by Crippen LogP contribution is 2.24. The van der Waals surface area contributed by atoms with Crippen molar-refractivity contribution >= 4 is 46.8 Å². The maximum absolute atomic E-state index is 13.3. The number of halogens is 2. The van der Waals surface area contributed by atoms with Crippen molar-refractivity contribution in [1.29, 1.82) is 0 Å². The lowest BCUT2D eigenvalue weighted by molar-refractivity contribution is -0.139. The Balaban J connectivity index is 1.72. The Morgan fingerprint density at radius 3 is 2.22 bits per heavy atom. The van der Waals surface area contributed by atoms with Crippen LogP contribution < -0.4 is 5.32 Å². The van der Waals surface area contributed by atoms with Crippen LogP contribution in [0.1, 0.15) is 50.2 Å². The molecule has 7 heteroatoms. The summed E-state index contributed by atoms with van der Waals surface area (Å²) >= 11 is 14.1. The molecule has 1 aliphatic carbocycles. The van der Waals surface area contributed by atoms with E-state index in [-0.39, 0.29) is 23.6 Å². The molecule has 0 saturated heterocycles. The van der Waals surface area contributed by atoms with Crippen molar-refractivity contribution in [2.24, 2.45) is 0 Å². The molecule has 2 amide bonds. The highest BCUT2D eigenvalue weighted by molar-refractivity contribution is 7.99. The van der Waals surface area contributed by atoms with E-state index in [9.17, 15) is 9.59 Å². The quantitative estimate of drug-likeness (QED) is 0.436. The minimum atomic E-state index is -0.528. The molecule has 1 unspecified atom stereocenters. The van der Waals surface area contributed by atoms with Crippen LogP contribution in [0.4, 0.5) is 0 Å². The first-order chi connectivity index (χ1) is 15.5. The predicted octanol–water partition coefficient (Wildman–Crippen LogP) is 6.09. The Hall–Kier alpha value is -1.69. The van der Waals surface area contributed by atoms with Crippen LogP contribution in [-0.4, -0.2) is 34.6 Å². The predicted molar refractivity (Wildman–Crippen MR) is 134 cm³/mol. The second-order valence-corrected chi connectivity index (χ2v) is 9.91. The molecule has 3 rings (SSSR count). The van der Waals surface area contributed by atoms with Gasteiger partial charge in [-0.15, -0.1) is 11.8 Å². The second kappa shape index (κ2) is 12.5. The molecule has 1 fully saturated rings. The topological polar surface area (TPSA) is 49.4 Å². The summed E-state index contributed by atoms with van der Waals surface area (Å²) in [5.74, 6) is 0.755. The van der Waals surface area contributed by atoms with Crippen LogP contribution in [0.25, 0.3) is 0 Å². The van der Waals surface area contributed by atoms with Crippen LogP contribution in [0.5, 0.6) is 0 Å². The smallest absolute Gasteiger partial charge is 0.243 e. The number of carbonyl (C=O) groups excluding carboxylic acids is 2. The molecule has 0 spiro atoms. The molecule has 4 nitrogen and oxygen atoms in total. The van der Waals surface area contributed by atoms with Crippen LogP contribution in [0.3, 0.4) is 0 Å². The lowest BCUT2D eigenvalue weighted by Crippen LogP contribution is -2.51. The molecule has 1 aliphatic rings. The summed E-state index contributed by atoms with van der Waals surface area (Å²) in [6, 6.07) is 14.8. The highest BCUT2D eigenvalue weighted by Gasteiger charge is 2.30. The molecule has 0 aliphatic heterocycles. The number of carbonyl (C=O) groups is 2. The van der Waals surface area contributed by atoms with E-state index in [2.05, 4.69) is 5.32 Å². The van der Waals surface area contributed by atoms with Gasteiger partial charge in [-0.3, -0.25) is 9.59 Å². The largest absolute Gasteiger partial charge is 0.352 e. The number of amides is 2. The number of benzene rings is 2. The molecule has 2 aromatic carbocycles. The Morgan fingerprint density at radius 2 is 1.62 bits per heavy atom. The van der Waals surface area contributed by atoms with E-state index in [0.29, 0.717) is 28.8 Å². The Labute approximate surface area is 205 Å². The van der Waals surface area contributed by atoms with E-state index < -0.39 is 6.04 Å². The fourth-order valence-corrected chi connectivity index (χ4v) is 5.44. The maximum Gasteiger partial charge on any atom is 0.243 e. The van der Waals surface area contributed by atoms with Gasteiger partial charge in [-0.1, -0.05) is 79.4 Å². The first-order valence-electron chi connectivity index (χ1n) is 11.1. The first kappa shape index (κ1) is 24.9. The van der Waals surface area contributed by atoms with Gasteiger partial charge in [0.1, 0.15) is 6.04 Å². The van der Waals surface area contributed by atoms with E-state index in [1.54, 1.807) is 4.90 Å². The molecule has 0 heterocycles. The SMILES string of the molecule is CCC(C(=O)NC1CCCC1)N(Cc1ccccc1Cl)C(=O)CSCc1ccccc1Cl. The Kier molecular flexibility index (Phi) is 9.76. The molecule has 1 N–H and O–H groups in total. The third-order valence-corrected chi connectivity index (χ3v) is 7.53. The zero-order valence-electron chi connectivity index (χ0n) is 18.4. The summed E-state index contributed by atoms with van der Waals surface area (Å²) < 4.78 is 0. The van der Waals surface area contributed by atoms with Gasteiger partial charge in [0.2, 0.25) is 11.8 Å². The molecule has 2 aromatic rings. The highest BCUT2D eigenvalue weighted by atomic mass is 35.5. The van der Waals surface area contributed by atoms with Gasteiger partial charge in [-0.25, -0.2) is 0 Å². The maximum atomic E-state index is 13.3. The fourth-order valence-electron chi connectivity index (χ4n) is 4.04. The van der Waals surface area contributed by atoms with Crippen LogP contribution in [0.15, 0.2) is 48.5 Å². The van der Waals surface area contributed by atoms with Crippen molar-refractivity contribution < 1.29 is 9.59 Å². The summed E-state index contributed by atoms with van der Waals surface area (Å²) in [6.45, 7) is 2.25. The zero-order chi connectivity index (χ0) is 22.9. The molecular weight excluding hydrogens is 463 g/mol. The van der Waals surface area contributed by atoms with Crippen molar-refractivity contribution in [1.82, 2.24) is 10.2 Å². The fraction of sp³-hybridized carbons (Fsp3) is 0.440. The number of thioether (sulfide) groups is 1. The lowest BCUT2D eigenvalue weighted by atomic mass is 10.1. The summed E-state index contributed by atoms with van der Waals surface area (Å²) in [5, 5.41) is 4.46. The standard InChI is InChI=1S/C25H30Cl2N2O2S/c1-2-23(25(31)28-20-11-5-6-12-20)29(15-18-9-3-7-13-21(18)26)24(30)17-32-16-19-10-4-8-14-22(19)27/h3-4,7-10,13-14,20,23H,2,5-6,11-12,15-17H2,1H3,(H,28,31). The summed E-state index contributed by atoms with van der Waals surface area (Å²) in [6.07, 6.45) is 4.85. The monoisotopic (exact) mass is 492 g/mol. The summed E-state index contributed by atoms with van der Waals surface area (Å²) in [5.41, 5.74) is 1.83. The van der Waals surface area contributed by atoms with Gasteiger partial charge >= 0.3 is 0 Å². The summed E-state index contributed by atoms with van der Waals surface area (Å²) in [4.78, 5) is 28.1. The molecule has 1 atom stereocenters. The van der Waals surface area contributed by atoms with Crippen molar-refractivity contribution in [3.05, 3.63) is 69.7 Å². The van der Waals surface area contributed by atoms with Gasteiger partial charge < -0.3 is 10.2 Å². The van der Waals surface area contributed by atoms with Crippen LogP contribution in [0.2, 0.25) is 10.0 Å². The lowest BCUT2D eigenvalue weighted by Gasteiger charge is -2.31. The van der Waals surface area contributed by atoms with Gasteiger partial charge in [0, 0.05) is 28.4 Å². The van der Waals surface area contributed by atoms with Crippen LogP contribution in [0, 0.1) is 0 Å². The molecule has 0 aromatic heterocycles. The molecule has 172 valence electrons. The number of rotatable bonds is 10. The molecular formula is C25H30Cl2N2O2S. The number of hydrogen-bond donors (Lipinski definition) is 1. The Bertz CT molecular complexity index is 918. The first-order valence-corrected chi connectivity index (χ1v) is 13.0. The van der Waals surface area contributed by atoms with Gasteiger partial charge in [0.05, 0.1) is 5.75 Å². The van der Waals surface area contributed by atoms with E-state index in [1.165, 1.54) is 11.8 Å². The van der Waals surface area contributed by atoms with Crippen molar-refractivity contribution in [3.8, 4) is 0 Å². The minimum Gasteiger partial charge on any atom is -0.352 e. The van der Waals surface area contributed by atoms with Gasteiger partial charge in [-0.2, -0.15) is 0 Å². The van der Waals surface area contributed by atoms with E-state index >= 15 is 0 Å². The molecule has 0 radical (unpaired) electrons. The van der Waals surface area contributed by atoms with Crippen LogP contribution in [-0.2, 0) is 21.9 Å². The molecule has 32 heavy (non-hydrogen) atoms. The number of hydrogen-bond acceptors (Lipinski definition) is 3.